The lowest BCUT2D eigenvalue weighted by Crippen LogP contribution is -2.18. The third-order valence-electron chi connectivity index (χ3n) is 4.22. The normalized spacial score (nSPS) is 14.5. The largest absolute Gasteiger partial charge is 0.611 e. The van der Waals surface area contributed by atoms with E-state index >= 15 is 0 Å². The second-order valence-electron chi connectivity index (χ2n) is 6.14. The van der Waals surface area contributed by atoms with Gasteiger partial charge in [0.05, 0.1) is 6.61 Å². The number of benzene rings is 2. The minimum atomic E-state index is -0.905. The number of carbonyl (C=O) groups excluding carboxylic acids is 1. The number of fused-ring (bicyclic) bond motifs is 1. The Morgan fingerprint density at radius 2 is 1.88 bits per heavy atom. The van der Waals surface area contributed by atoms with Crippen LogP contribution in [0.1, 0.15) is 31.2 Å². The van der Waals surface area contributed by atoms with E-state index in [0.717, 1.165) is 47.6 Å². The number of amides is 1. The predicted molar refractivity (Wildman–Crippen MR) is 100 cm³/mol. The number of nitrogens with one attached hydrogen (secondary N) is 1. The second kappa shape index (κ2) is 8.92. The molecule has 1 N–H and O–H groups in total. The quantitative estimate of drug-likeness (QED) is 0.575. The Bertz CT molecular complexity index is 705. The smallest absolute Gasteiger partial charge is 0.224 e. The molecule has 0 aromatic heterocycles. The average molecular weight is 357 g/mol. The molecule has 4 nitrogen and oxygen atoms in total. The third-order valence-corrected chi connectivity index (χ3v) is 5.68. The predicted octanol–water partition coefficient (Wildman–Crippen LogP) is 3.93. The fourth-order valence-corrected chi connectivity index (χ4v) is 4.00. The lowest BCUT2D eigenvalue weighted by Gasteiger charge is -2.17. The summed E-state index contributed by atoms with van der Waals surface area (Å²) in [5.41, 5.74) is 2.03. The Morgan fingerprint density at radius 3 is 2.72 bits per heavy atom. The minimum Gasteiger partial charge on any atom is -0.611 e. The maximum absolute atomic E-state index is 12.1. The number of carbonyl (C=O) groups is 1. The van der Waals surface area contributed by atoms with Crippen LogP contribution in [-0.2, 0) is 22.4 Å². The van der Waals surface area contributed by atoms with Crippen molar-refractivity contribution in [2.45, 2.75) is 37.0 Å². The van der Waals surface area contributed by atoms with Crippen molar-refractivity contribution >= 4 is 22.8 Å². The summed E-state index contributed by atoms with van der Waals surface area (Å²) in [6, 6.07) is 15.4. The van der Waals surface area contributed by atoms with E-state index in [2.05, 4.69) is 5.32 Å². The number of hydrogen-bond donors (Lipinski definition) is 1. The molecule has 1 aliphatic rings. The Labute approximate surface area is 151 Å². The van der Waals surface area contributed by atoms with Crippen LogP contribution in [-0.4, -0.2) is 22.8 Å². The van der Waals surface area contributed by atoms with Gasteiger partial charge < -0.3 is 14.6 Å². The summed E-state index contributed by atoms with van der Waals surface area (Å²) in [6.45, 7) is 0.656. The zero-order valence-electron chi connectivity index (χ0n) is 14.2. The molecule has 1 atom stereocenters. The second-order valence-corrected chi connectivity index (χ2v) is 7.71. The van der Waals surface area contributed by atoms with E-state index in [-0.39, 0.29) is 5.91 Å². The van der Waals surface area contributed by atoms with Gasteiger partial charge in [0.15, 0.2) is 4.90 Å². The van der Waals surface area contributed by atoms with E-state index in [1.807, 2.05) is 48.5 Å². The fourth-order valence-electron chi connectivity index (χ4n) is 2.84. The van der Waals surface area contributed by atoms with Crippen LogP contribution in [0.4, 0.5) is 5.69 Å². The molecule has 0 radical (unpaired) electrons. The Balaban J connectivity index is 1.34. The molecule has 1 aliphatic heterocycles. The fraction of sp³-hybridized carbons (Fsp3) is 0.350. The molecular weight excluding hydrogens is 334 g/mol. The SMILES string of the molecule is O=C1CCc2cc(OCCCCC[S+]([O-])c3ccccc3)ccc2N1. The van der Waals surface area contributed by atoms with Gasteiger partial charge in [0, 0.05) is 12.1 Å². The highest BCUT2D eigenvalue weighted by molar-refractivity contribution is 7.91. The number of hydrogen-bond acceptors (Lipinski definition) is 3. The Kier molecular flexibility index (Phi) is 6.36. The molecule has 0 bridgehead atoms. The first kappa shape index (κ1) is 17.8. The van der Waals surface area contributed by atoms with E-state index in [1.54, 1.807) is 0 Å². The molecule has 25 heavy (non-hydrogen) atoms. The van der Waals surface area contributed by atoms with Gasteiger partial charge in [-0.1, -0.05) is 18.2 Å². The molecule has 0 fully saturated rings. The number of unbranched alkanes of at least 4 members (excludes halogenated alkanes) is 2. The average Bonchev–Trinajstić information content (AvgIpc) is 2.65. The molecule has 0 saturated carbocycles. The van der Waals surface area contributed by atoms with Gasteiger partial charge in [0.2, 0.25) is 5.91 Å². The maximum atomic E-state index is 12.1. The van der Waals surface area contributed by atoms with Crippen LogP contribution in [0.3, 0.4) is 0 Å². The van der Waals surface area contributed by atoms with Gasteiger partial charge in [-0.3, -0.25) is 4.79 Å². The number of rotatable bonds is 8. The molecule has 0 spiro atoms. The minimum absolute atomic E-state index is 0.0778. The van der Waals surface area contributed by atoms with Crippen molar-refractivity contribution in [3.05, 3.63) is 54.1 Å². The zero-order valence-corrected chi connectivity index (χ0v) is 15.0. The van der Waals surface area contributed by atoms with Crippen molar-refractivity contribution in [1.29, 1.82) is 0 Å². The van der Waals surface area contributed by atoms with Gasteiger partial charge in [-0.2, -0.15) is 0 Å². The molecule has 1 amide bonds. The van der Waals surface area contributed by atoms with Crippen molar-refractivity contribution in [2.24, 2.45) is 0 Å². The Hall–Kier alpha value is -1.98. The lowest BCUT2D eigenvalue weighted by atomic mass is 10.0. The van der Waals surface area contributed by atoms with E-state index in [1.165, 1.54) is 0 Å². The molecular formula is C20H23NO3S. The third kappa shape index (κ3) is 5.25. The maximum Gasteiger partial charge on any atom is 0.224 e. The molecule has 0 aliphatic carbocycles. The van der Waals surface area contributed by atoms with Gasteiger partial charge in [0.25, 0.3) is 0 Å². The lowest BCUT2D eigenvalue weighted by molar-refractivity contribution is -0.116. The highest BCUT2D eigenvalue weighted by atomic mass is 32.2. The van der Waals surface area contributed by atoms with Crippen LogP contribution in [0.2, 0.25) is 0 Å². The van der Waals surface area contributed by atoms with Crippen LogP contribution in [0, 0.1) is 0 Å². The van der Waals surface area contributed by atoms with E-state index in [0.29, 0.717) is 18.8 Å². The Morgan fingerprint density at radius 1 is 1.04 bits per heavy atom. The van der Waals surface area contributed by atoms with Crippen molar-refractivity contribution in [2.75, 3.05) is 17.7 Å². The molecule has 132 valence electrons. The van der Waals surface area contributed by atoms with Crippen LogP contribution >= 0.6 is 0 Å². The summed E-state index contributed by atoms with van der Waals surface area (Å²) < 4.78 is 17.9. The van der Waals surface area contributed by atoms with E-state index in [9.17, 15) is 9.35 Å². The van der Waals surface area contributed by atoms with E-state index in [4.69, 9.17) is 4.74 Å². The summed E-state index contributed by atoms with van der Waals surface area (Å²) >= 11 is -0.905. The standard InChI is InChI=1S/C20H23NO3S/c22-20-12-9-16-15-17(10-11-19(16)21-20)24-13-5-2-6-14-25(23)18-7-3-1-4-8-18/h1,3-4,7-8,10-11,15H,2,5-6,9,12-14H2,(H,21,22). The molecule has 2 aromatic rings. The molecule has 2 aromatic carbocycles. The van der Waals surface area contributed by atoms with Gasteiger partial charge in [-0.15, -0.1) is 0 Å². The zero-order chi connectivity index (χ0) is 17.5. The van der Waals surface area contributed by atoms with Crippen molar-refractivity contribution < 1.29 is 14.1 Å². The highest BCUT2D eigenvalue weighted by Crippen LogP contribution is 2.26. The first-order valence-electron chi connectivity index (χ1n) is 8.71. The first-order valence-corrected chi connectivity index (χ1v) is 10.0. The number of anilines is 1. The van der Waals surface area contributed by atoms with Crippen LogP contribution in [0.25, 0.3) is 0 Å². The first-order chi connectivity index (χ1) is 12.2. The van der Waals surface area contributed by atoms with Gasteiger partial charge >= 0.3 is 0 Å². The van der Waals surface area contributed by atoms with Crippen molar-refractivity contribution in [3.8, 4) is 5.75 Å². The summed E-state index contributed by atoms with van der Waals surface area (Å²) in [6.07, 6.45) is 4.18. The molecule has 0 saturated heterocycles. The monoisotopic (exact) mass is 357 g/mol. The topological polar surface area (TPSA) is 61.4 Å². The van der Waals surface area contributed by atoms with Crippen molar-refractivity contribution in [1.82, 2.24) is 0 Å². The van der Waals surface area contributed by atoms with E-state index < -0.39 is 11.2 Å². The van der Waals surface area contributed by atoms with Gasteiger partial charge in [-0.05, 0) is 72.8 Å². The van der Waals surface area contributed by atoms with Crippen LogP contribution in [0.15, 0.2) is 53.4 Å². The summed E-state index contributed by atoms with van der Waals surface area (Å²) in [4.78, 5) is 12.3. The van der Waals surface area contributed by atoms with Crippen molar-refractivity contribution in [3.63, 3.8) is 0 Å². The van der Waals surface area contributed by atoms with Gasteiger partial charge in [0.1, 0.15) is 11.5 Å². The highest BCUT2D eigenvalue weighted by Gasteiger charge is 2.15. The number of ether oxygens (including phenoxy) is 1. The molecule has 1 unspecified atom stereocenters. The number of aryl methyl sites for hydroxylation is 1. The molecule has 1 heterocycles. The van der Waals surface area contributed by atoms with Crippen LogP contribution < -0.4 is 10.1 Å². The molecule has 3 rings (SSSR count). The summed E-state index contributed by atoms with van der Waals surface area (Å²) in [5, 5.41) is 2.87. The summed E-state index contributed by atoms with van der Waals surface area (Å²) in [5.74, 6) is 1.62. The molecule has 5 heteroatoms. The van der Waals surface area contributed by atoms with Crippen LogP contribution in [0.5, 0.6) is 5.75 Å². The van der Waals surface area contributed by atoms with Gasteiger partial charge in [-0.25, -0.2) is 0 Å². The summed E-state index contributed by atoms with van der Waals surface area (Å²) in [7, 11) is 0.